The van der Waals surface area contributed by atoms with Crippen LogP contribution < -0.4 is 5.32 Å². The molecule has 2 aromatic rings. The molecule has 8 heteroatoms. The predicted octanol–water partition coefficient (Wildman–Crippen LogP) is 2.17. The third-order valence-corrected chi connectivity index (χ3v) is 6.27. The van der Waals surface area contributed by atoms with Crippen LogP contribution in [-0.2, 0) is 26.9 Å². The molecule has 7 nitrogen and oxygen atoms in total. The minimum absolute atomic E-state index is 0.102. The lowest BCUT2D eigenvalue weighted by Crippen LogP contribution is -2.41. The second-order valence-corrected chi connectivity index (χ2v) is 8.42. The van der Waals surface area contributed by atoms with E-state index in [1.54, 1.807) is 48.5 Å². The van der Waals surface area contributed by atoms with E-state index in [2.05, 4.69) is 11.4 Å². The zero-order chi connectivity index (χ0) is 20.0. The number of nitrogens with one attached hydrogen (secondary N) is 1. The summed E-state index contributed by atoms with van der Waals surface area (Å²) in [5, 5.41) is 11.5. The maximum atomic E-state index is 12.5. The van der Waals surface area contributed by atoms with Gasteiger partial charge in [-0.05, 0) is 35.4 Å². The average Bonchev–Trinajstić information content (AvgIpc) is 2.70. The van der Waals surface area contributed by atoms with E-state index >= 15 is 0 Å². The van der Waals surface area contributed by atoms with Crippen molar-refractivity contribution in [2.24, 2.45) is 0 Å². The van der Waals surface area contributed by atoms with E-state index in [-0.39, 0.29) is 11.7 Å². The second-order valence-electron chi connectivity index (χ2n) is 6.45. The van der Waals surface area contributed by atoms with Gasteiger partial charge in [0, 0.05) is 24.3 Å². The van der Waals surface area contributed by atoms with Crippen LogP contribution in [0.15, 0.2) is 48.5 Å². The normalized spacial score (nSPS) is 15.0. The molecular formula is C20H21N3O4S. The number of sulfonamides is 1. The average molecular weight is 399 g/mol. The van der Waals surface area contributed by atoms with Crippen molar-refractivity contribution in [2.45, 2.75) is 12.2 Å². The summed E-state index contributed by atoms with van der Waals surface area (Å²) in [6.45, 7) is 1.57. The number of morpholine rings is 1. The number of nitriles is 1. The van der Waals surface area contributed by atoms with Crippen molar-refractivity contribution in [3.63, 3.8) is 0 Å². The van der Waals surface area contributed by atoms with Gasteiger partial charge >= 0.3 is 0 Å². The van der Waals surface area contributed by atoms with Gasteiger partial charge in [0.1, 0.15) is 0 Å². The lowest BCUT2D eigenvalue weighted by atomic mass is 10.1. The van der Waals surface area contributed by atoms with Crippen LogP contribution in [0, 0.1) is 11.3 Å². The topological polar surface area (TPSA) is 99.5 Å². The highest BCUT2D eigenvalue weighted by Crippen LogP contribution is 2.15. The van der Waals surface area contributed by atoms with Gasteiger partial charge < -0.3 is 10.1 Å². The third-order valence-electron chi connectivity index (χ3n) is 4.42. The number of rotatable bonds is 6. The number of amides is 1. The molecule has 0 radical (unpaired) electrons. The van der Waals surface area contributed by atoms with Crippen LogP contribution in [0.3, 0.4) is 0 Å². The first kappa shape index (κ1) is 20.0. The highest BCUT2D eigenvalue weighted by atomic mass is 32.2. The molecule has 1 aliphatic rings. The molecule has 0 atom stereocenters. The smallest absolute Gasteiger partial charge is 0.255 e. The van der Waals surface area contributed by atoms with E-state index in [0.29, 0.717) is 49.5 Å². The Kier molecular flexibility index (Phi) is 6.41. The highest BCUT2D eigenvalue weighted by molar-refractivity contribution is 7.88. The van der Waals surface area contributed by atoms with Crippen LogP contribution in [0.4, 0.5) is 5.69 Å². The zero-order valence-corrected chi connectivity index (χ0v) is 16.1. The van der Waals surface area contributed by atoms with Crippen molar-refractivity contribution in [1.82, 2.24) is 4.31 Å². The minimum atomic E-state index is -3.40. The van der Waals surface area contributed by atoms with Crippen LogP contribution in [0.1, 0.15) is 21.5 Å². The monoisotopic (exact) mass is 399 g/mol. The van der Waals surface area contributed by atoms with Gasteiger partial charge in [0.25, 0.3) is 5.91 Å². The van der Waals surface area contributed by atoms with Crippen molar-refractivity contribution in [1.29, 1.82) is 5.26 Å². The zero-order valence-electron chi connectivity index (χ0n) is 15.3. The van der Waals surface area contributed by atoms with Gasteiger partial charge in [-0.15, -0.1) is 0 Å². The molecule has 0 bridgehead atoms. The van der Waals surface area contributed by atoms with Gasteiger partial charge in [0.2, 0.25) is 10.0 Å². The molecule has 1 aliphatic heterocycles. The van der Waals surface area contributed by atoms with Crippen molar-refractivity contribution in [2.75, 3.05) is 31.6 Å². The molecule has 1 saturated heterocycles. The van der Waals surface area contributed by atoms with E-state index < -0.39 is 10.0 Å². The quantitative estimate of drug-likeness (QED) is 0.802. The molecule has 146 valence electrons. The van der Waals surface area contributed by atoms with Crippen LogP contribution in [0.25, 0.3) is 0 Å². The minimum Gasteiger partial charge on any atom is -0.379 e. The molecule has 0 aromatic heterocycles. The fourth-order valence-electron chi connectivity index (χ4n) is 2.88. The van der Waals surface area contributed by atoms with E-state index in [9.17, 15) is 13.2 Å². The van der Waals surface area contributed by atoms with Crippen LogP contribution in [-0.4, -0.2) is 44.9 Å². The number of carbonyl (C=O) groups is 1. The Bertz CT molecular complexity index is 958. The molecular weight excluding hydrogens is 378 g/mol. The van der Waals surface area contributed by atoms with Crippen molar-refractivity contribution in [3.05, 3.63) is 65.2 Å². The molecule has 1 N–H and O–H groups in total. The fraction of sp³-hybridized carbons (Fsp3) is 0.300. The van der Waals surface area contributed by atoms with Crippen molar-refractivity contribution >= 4 is 21.6 Å². The third kappa shape index (κ3) is 5.16. The fourth-order valence-corrected chi connectivity index (χ4v) is 4.38. The molecule has 3 rings (SSSR count). The molecule has 28 heavy (non-hydrogen) atoms. The lowest BCUT2D eigenvalue weighted by Gasteiger charge is -2.26. The largest absolute Gasteiger partial charge is 0.379 e. The summed E-state index contributed by atoms with van der Waals surface area (Å²) in [7, 11) is -3.40. The number of hydrogen-bond acceptors (Lipinski definition) is 5. The SMILES string of the molecule is N#CCc1ccc(NC(=O)c2ccc(CS(=O)(=O)N3CCOCC3)cc2)cc1. The maximum absolute atomic E-state index is 12.5. The van der Waals surface area contributed by atoms with Gasteiger partial charge in [0.05, 0.1) is 31.5 Å². The molecule has 0 unspecified atom stereocenters. The Hall–Kier alpha value is -2.73. The molecule has 1 amide bonds. The Morgan fingerprint density at radius 2 is 1.64 bits per heavy atom. The van der Waals surface area contributed by atoms with Crippen LogP contribution >= 0.6 is 0 Å². The van der Waals surface area contributed by atoms with Gasteiger partial charge in [-0.1, -0.05) is 24.3 Å². The number of hydrogen-bond donors (Lipinski definition) is 1. The number of ether oxygens (including phenoxy) is 1. The van der Waals surface area contributed by atoms with E-state index in [1.165, 1.54) is 4.31 Å². The van der Waals surface area contributed by atoms with Crippen LogP contribution in [0.5, 0.6) is 0 Å². The summed E-state index contributed by atoms with van der Waals surface area (Å²) in [5.74, 6) is -0.384. The second kappa shape index (κ2) is 8.97. The summed E-state index contributed by atoms with van der Waals surface area (Å²) in [4.78, 5) is 12.4. The summed E-state index contributed by atoms with van der Waals surface area (Å²) < 4.78 is 31.5. The summed E-state index contributed by atoms with van der Waals surface area (Å²) in [6, 6.07) is 15.7. The Morgan fingerprint density at radius 3 is 2.25 bits per heavy atom. The predicted molar refractivity (Wildman–Crippen MR) is 105 cm³/mol. The van der Waals surface area contributed by atoms with E-state index in [1.807, 2.05) is 0 Å². The van der Waals surface area contributed by atoms with E-state index in [4.69, 9.17) is 10.00 Å². The first-order valence-electron chi connectivity index (χ1n) is 8.90. The van der Waals surface area contributed by atoms with Gasteiger partial charge in [-0.25, -0.2) is 8.42 Å². The number of carbonyl (C=O) groups excluding carboxylic acids is 1. The molecule has 2 aromatic carbocycles. The summed E-state index contributed by atoms with van der Waals surface area (Å²) in [6.07, 6.45) is 0.322. The molecule has 0 spiro atoms. The Balaban J connectivity index is 1.61. The van der Waals surface area contributed by atoms with E-state index in [0.717, 1.165) is 5.56 Å². The first-order chi connectivity index (χ1) is 13.5. The number of benzene rings is 2. The summed E-state index contributed by atoms with van der Waals surface area (Å²) >= 11 is 0. The van der Waals surface area contributed by atoms with Gasteiger partial charge in [-0.2, -0.15) is 9.57 Å². The summed E-state index contributed by atoms with van der Waals surface area (Å²) in [5.41, 5.74) is 2.58. The van der Waals surface area contributed by atoms with Gasteiger partial charge in [0.15, 0.2) is 0 Å². The molecule has 0 saturated carbocycles. The Labute approximate surface area is 164 Å². The molecule has 0 aliphatic carbocycles. The first-order valence-corrected chi connectivity index (χ1v) is 10.5. The van der Waals surface area contributed by atoms with Crippen molar-refractivity contribution < 1.29 is 17.9 Å². The van der Waals surface area contributed by atoms with Crippen LogP contribution in [0.2, 0.25) is 0 Å². The lowest BCUT2D eigenvalue weighted by molar-refractivity contribution is 0.0729. The number of anilines is 1. The number of nitrogens with zero attached hydrogens (tertiary/aromatic N) is 2. The molecule has 1 fully saturated rings. The van der Waals surface area contributed by atoms with Gasteiger partial charge in [-0.3, -0.25) is 4.79 Å². The standard InChI is InChI=1S/C20H21N3O4S/c21-10-9-16-3-7-19(8-4-16)22-20(24)18-5-1-17(2-6-18)15-28(25,26)23-11-13-27-14-12-23/h1-8H,9,11-15H2,(H,22,24). The highest BCUT2D eigenvalue weighted by Gasteiger charge is 2.24. The Morgan fingerprint density at radius 1 is 1.04 bits per heavy atom. The molecule has 1 heterocycles. The van der Waals surface area contributed by atoms with Crippen molar-refractivity contribution in [3.8, 4) is 6.07 Å². The maximum Gasteiger partial charge on any atom is 0.255 e.